The van der Waals surface area contributed by atoms with Gasteiger partial charge in [-0.3, -0.25) is 9.48 Å². The predicted octanol–water partition coefficient (Wildman–Crippen LogP) is 0.290. The standard InChI is InChI=1S/C7H10IN3O2/c1-7(9,6(12)13)4-11-3-5(8)2-10-11/h2-3H,4,9H2,1H3,(H,12,13). The van der Waals surface area contributed by atoms with Crippen molar-refractivity contribution in [3.8, 4) is 0 Å². The van der Waals surface area contributed by atoms with Gasteiger partial charge in [0.1, 0.15) is 5.54 Å². The molecule has 0 aliphatic carbocycles. The quantitative estimate of drug-likeness (QED) is 0.785. The molecule has 1 aromatic heterocycles. The molecule has 0 aliphatic heterocycles. The zero-order chi connectivity index (χ0) is 10.1. The Balaban J connectivity index is 2.74. The second kappa shape index (κ2) is 3.62. The number of carboxylic acid groups (broad SMARTS) is 1. The van der Waals surface area contributed by atoms with E-state index in [2.05, 4.69) is 27.7 Å². The van der Waals surface area contributed by atoms with Gasteiger partial charge in [-0.05, 0) is 29.5 Å². The minimum absolute atomic E-state index is 0.172. The van der Waals surface area contributed by atoms with Crippen LogP contribution in [0.1, 0.15) is 6.92 Å². The summed E-state index contributed by atoms with van der Waals surface area (Å²) in [5.74, 6) is -1.03. The summed E-state index contributed by atoms with van der Waals surface area (Å²) >= 11 is 2.10. The maximum atomic E-state index is 10.7. The Hall–Kier alpha value is -0.630. The number of halogens is 1. The number of hydrogen-bond donors (Lipinski definition) is 2. The van der Waals surface area contributed by atoms with Crippen LogP contribution in [0.25, 0.3) is 0 Å². The lowest BCUT2D eigenvalue weighted by molar-refractivity contribution is -0.143. The van der Waals surface area contributed by atoms with E-state index in [0.29, 0.717) is 0 Å². The lowest BCUT2D eigenvalue weighted by atomic mass is 10.1. The van der Waals surface area contributed by atoms with Crippen LogP contribution >= 0.6 is 22.6 Å². The van der Waals surface area contributed by atoms with Crippen LogP contribution in [0.4, 0.5) is 0 Å². The topological polar surface area (TPSA) is 81.1 Å². The lowest BCUT2D eigenvalue weighted by Crippen LogP contribution is -2.48. The van der Waals surface area contributed by atoms with E-state index in [9.17, 15) is 4.79 Å². The Morgan fingerprint density at radius 1 is 1.92 bits per heavy atom. The fourth-order valence-corrected chi connectivity index (χ4v) is 1.28. The van der Waals surface area contributed by atoms with Gasteiger partial charge in [-0.15, -0.1) is 0 Å². The van der Waals surface area contributed by atoms with Crippen LogP contribution in [0.3, 0.4) is 0 Å². The van der Waals surface area contributed by atoms with Gasteiger partial charge in [-0.1, -0.05) is 0 Å². The van der Waals surface area contributed by atoms with Gasteiger partial charge in [0.05, 0.1) is 16.3 Å². The van der Waals surface area contributed by atoms with E-state index in [1.807, 2.05) is 0 Å². The largest absolute Gasteiger partial charge is 0.480 e. The molecule has 0 aliphatic rings. The molecule has 0 fully saturated rings. The van der Waals surface area contributed by atoms with E-state index in [-0.39, 0.29) is 6.54 Å². The number of nitrogens with two attached hydrogens (primary N) is 1. The van der Waals surface area contributed by atoms with Gasteiger partial charge in [0.25, 0.3) is 0 Å². The lowest BCUT2D eigenvalue weighted by Gasteiger charge is -2.18. The van der Waals surface area contributed by atoms with Crippen LogP contribution in [0.5, 0.6) is 0 Å². The van der Waals surface area contributed by atoms with Crippen molar-refractivity contribution in [2.24, 2.45) is 5.73 Å². The second-order valence-electron chi connectivity index (χ2n) is 3.08. The molecule has 0 radical (unpaired) electrons. The van der Waals surface area contributed by atoms with Gasteiger partial charge in [-0.25, -0.2) is 0 Å². The SMILES string of the molecule is CC(N)(Cn1cc(I)cn1)C(=O)O. The molecule has 0 saturated heterocycles. The van der Waals surface area contributed by atoms with Crippen molar-refractivity contribution in [3.05, 3.63) is 16.0 Å². The van der Waals surface area contributed by atoms with Crippen LogP contribution < -0.4 is 5.73 Å². The average molecular weight is 295 g/mol. The fraction of sp³-hybridized carbons (Fsp3) is 0.429. The normalized spacial score (nSPS) is 15.3. The minimum Gasteiger partial charge on any atom is -0.480 e. The van der Waals surface area contributed by atoms with E-state index in [1.54, 1.807) is 12.4 Å². The molecule has 13 heavy (non-hydrogen) atoms. The number of aliphatic carboxylic acids is 1. The maximum absolute atomic E-state index is 10.7. The van der Waals surface area contributed by atoms with Crippen LogP contribution in [-0.4, -0.2) is 26.4 Å². The number of hydrogen-bond acceptors (Lipinski definition) is 3. The molecule has 0 saturated carbocycles. The van der Waals surface area contributed by atoms with Crippen LogP contribution in [0, 0.1) is 3.57 Å². The molecule has 1 rings (SSSR count). The summed E-state index contributed by atoms with van der Waals surface area (Å²) < 4.78 is 2.48. The van der Waals surface area contributed by atoms with E-state index in [4.69, 9.17) is 10.8 Å². The molecule has 72 valence electrons. The highest BCUT2D eigenvalue weighted by Crippen LogP contribution is 2.06. The Morgan fingerprint density at radius 2 is 2.54 bits per heavy atom. The molecule has 3 N–H and O–H groups in total. The molecule has 0 amide bonds. The molecule has 0 aromatic carbocycles. The van der Waals surface area contributed by atoms with Crippen molar-refractivity contribution in [2.45, 2.75) is 19.0 Å². The first-order chi connectivity index (χ1) is 5.92. The van der Waals surface area contributed by atoms with Crippen LogP contribution in [0.2, 0.25) is 0 Å². The third-order valence-corrected chi connectivity index (χ3v) is 2.14. The third-order valence-electron chi connectivity index (χ3n) is 1.58. The van der Waals surface area contributed by atoms with Gasteiger partial charge in [0.15, 0.2) is 0 Å². The van der Waals surface area contributed by atoms with Gasteiger partial charge in [0, 0.05) is 6.20 Å². The predicted molar refractivity (Wildman–Crippen MR) is 55.2 cm³/mol. The molecule has 1 aromatic rings. The molecule has 0 bridgehead atoms. The smallest absolute Gasteiger partial charge is 0.325 e. The zero-order valence-corrected chi connectivity index (χ0v) is 9.22. The van der Waals surface area contributed by atoms with Crippen molar-refractivity contribution in [3.63, 3.8) is 0 Å². The Bertz CT molecular complexity index is 321. The molecule has 6 heteroatoms. The summed E-state index contributed by atoms with van der Waals surface area (Å²) in [6.45, 7) is 1.63. The highest BCUT2D eigenvalue weighted by Gasteiger charge is 2.28. The summed E-state index contributed by atoms with van der Waals surface area (Å²) in [6.07, 6.45) is 3.40. The summed E-state index contributed by atoms with van der Waals surface area (Å²) in [7, 11) is 0. The van der Waals surface area contributed by atoms with Gasteiger partial charge >= 0.3 is 5.97 Å². The summed E-state index contributed by atoms with van der Waals surface area (Å²) in [5.41, 5.74) is 4.27. The average Bonchev–Trinajstić information content (AvgIpc) is 2.34. The van der Waals surface area contributed by atoms with Crippen molar-refractivity contribution < 1.29 is 9.90 Å². The first kappa shape index (κ1) is 10.5. The van der Waals surface area contributed by atoms with Gasteiger partial charge in [0.2, 0.25) is 0 Å². The molecular formula is C7H10IN3O2. The Kier molecular flexibility index (Phi) is 2.91. The van der Waals surface area contributed by atoms with Crippen molar-refractivity contribution in [1.82, 2.24) is 9.78 Å². The first-order valence-electron chi connectivity index (χ1n) is 3.62. The van der Waals surface area contributed by atoms with Crippen LogP contribution in [-0.2, 0) is 11.3 Å². The first-order valence-corrected chi connectivity index (χ1v) is 4.70. The molecule has 1 heterocycles. The monoisotopic (exact) mass is 295 g/mol. The van der Waals surface area contributed by atoms with Crippen molar-refractivity contribution in [2.75, 3.05) is 0 Å². The zero-order valence-electron chi connectivity index (χ0n) is 7.07. The van der Waals surface area contributed by atoms with E-state index >= 15 is 0 Å². The summed E-state index contributed by atoms with van der Waals surface area (Å²) in [5, 5.41) is 12.7. The number of rotatable bonds is 3. The molecule has 1 atom stereocenters. The maximum Gasteiger partial charge on any atom is 0.325 e. The van der Waals surface area contributed by atoms with Crippen molar-refractivity contribution in [1.29, 1.82) is 0 Å². The third kappa shape index (κ3) is 2.66. The molecular weight excluding hydrogens is 285 g/mol. The highest BCUT2D eigenvalue weighted by atomic mass is 127. The molecule has 0 spiro atoms. The second-order valence-corrected chi connectivity index (χ2v) is 4.32. The number of aromatic nitrogens is 2. The summed E-state index contributed by atoms with van der Waals surface area (Å²) in [4.78, 5) is 10.7. The number of carboxylic acids is 1. The number of carbonyl (C=O) groups is 1. The number of nitrogens with zero attached hydrogens (tertiary/aromatic N) is 2. The molecule has 5 nitrogen and oxygen atoms in total. The van der Waals surface area contributed by atoms with E-state index in [1.165, 1.54) is 11.6 Å². The minimum atomic E-state index is -1.27. The fourth-order valence-electron chi connectivity index (χ4n) is 0.829. The molecule has 1 unspecified atom stereocenters. The highest BCUT2D eigenvalue weighted by molar-refractivity contribution is 14.1. The van der Waals surface area contributed by atoms with Gasteiger partial charge < -0.3 is 10.8 Å². The van der Waals surface area contributed by atoms with Gasteiger partial charge in [-0.2, -0.15) is 5.10 Å². The Morgan fingerprint density at radius 3 is 2.92 bits per heavy atom. The van der Waals surface area contributed by atoms with E-state index < -0.39 is 11.5 Å². The van der Waals surface area contributed by atoms with Crippen LogP contribution in [0.15, 0.2) is 12.4 Å². The Labute approximate surface area is 89.1 Å². The van der Waals surface area contributed by atoms with E-state index in [0.717, 1.165) is 3.57 Å². The summed E-state index contributed by atoms with van der Waals surface area (Å²) in [6, 6.07) is 0. The van der Waals surface area contributed by atoms with Crippen molar-refractivity contribution >= 4 is 28.6 Å².